The third-order valence-electron chi connectivity index (χ3n) is 5.16. The van der Waals surface area contributed by atoms with Crippen LogP contribution in [-0.4, -0.2) is 81.3 Å². The Balaban J connectivity index is 2.89. The van der Waals surface area contributed by atoms with Crippen LogP contribution >= 0.6 is 0 Å². The van der Waals surface area contributed by atoms with E-state index in [0.717, 1.165) is 0 Å². The van der Waals surface area contributed by atoms with Crippen molar-refractivity contribution >= 4 is 35.4 Å². The summed E-state index contributed by atoms with van der Waals surface area (Å²) in [7, 11) is 0. The van der Waals surface area contributed by atoms with Gasteiger partial charge in [0, 0.05) is 25.8 Å². The van der Waals surface area contributed by atoms with Crippen LogP contribution in [0.25, 0.3) is 0 Å². The van der Waals surface area contributed by atoms with Gasteiger partial charge in [-0.1, -0.05) is 0 Å². The second-order valence-corrected chi connectivity index (χ2v) is 7.90. The zero-order chi connectivity index (χ0) is 24.4. The second kappa shape index (κ2) is 12.7. The minimum Gasteiger partial charge on any atom is -0.481 e. The predicted molar refractivity (Wildman–Crippen MR) is 111 cm³/mol. The number of nitrogens with zero attached hydrogens (tertiary/aromatic N) is 1. The van der Waals surface area contributed by atoms with Gasteiger partial charge in [0.2, 0.25) is 23.6 Å². The molecule has 0 aromatic rings. The number of likely N-dealkylation sites (tertiary alicyclic amines) is 1. The summed E-state index contributed by atoms with van der Waals surface area (Å²) in [6, 6.07) is -3.20. The molecule has 1 aliphatic rings. The van der Waals surface area contributed by atoms with Gasteiger partial charge in [-0.25, -0.2) is 0 Å². The molecule has 4 atom stereocenters. The first-order chi connectivity index (χ1) is 14.9. The number of amides is 4. The molecule has 4 amide bonds. The Morgan fingerprint density at radius 2 is 1.75 bits per heavy atom. The van der Waals surface area contributed by atoms with Gasteiger partial charge in [0.05, 0.1) is 6.10 Å². The summed E-state index contributed by atoms with van der Waals surface area (Å²) in [5, 5.41) is 23.6. The molecule has 1 fully saturated rings. The van der Waals surface area contributed by atoms with Gasteiger partial charge in [-0.05, 0) is 39.5 Å². The molecule has 0 saturated carbocycles. The molecular formula is C20H32N4O8. The van der Waals surface area contributed by atoms with Crippen LogP contribution in [0.1, 0.15) is 58.8 Å². The van der Waals surface area contributed by atoms with Crippen molar-refractivity contribution in [3.63, 3.8) is 0 Å². The van der Waals surface area contributed by atoms with E-state index in [1.807, 2.05) is 0 Å². The van der Waals surface area contributed by atoms with Gasteiger partial charge in [-0.15, -0.1) is 0 Å². The molecule has 0 spiro atoms. The lowest BCUT2D eigenvalue weighted by atomic mass is 10.1. The summed E-state index contributed by atoms with van der Waals surface area (Å²) >= 11 is 0. The number of hydrogen-bond donors (Lipinski definition) is 5. The number of aliphatic hydroxyl groups is 1. The number of carbonyl (C=O) groups is 6. The zero-order valence-corrected chi connectivity index (χ0v) is 18.3. The molecule has 1 aliphatic heterocycles. The highest BCUT2D eigenvalue weighted by molar-refractivity contribution is 5.95. The average molecular weight is 456 g/mol. The van der Waals surface area contributed by atoms with Gasteiger partial charge in [0.15, 0.2) is 5.78 Å². The first-order valence-corrected chi connectivity index (χ1v) is 10.5. The molecule has 6 N–H and O–H groups in total. The molecule has 1 saturated heterocycles. The van der Waals surface area contributed by atoms with E-state index in [2.05, 4.69) is 10.6 Å². The van der Waals surface area contributed by atoms with Crippen LogP contribution in [-0.2, 0) is 28.8 Å². The summed E-state index contributed by atoms with van der Waals surface area (Å²) in [6.07, 6.45) is -0.746. The fraction of sp³-hybridized carbons (Fsp3) is 0.700. The number of carbonyl (C=O) groups excluding carboxylic acids is 5. The first kappa shape index (κ1) is 27.0. The number of nitrogens with one attached hydrogen (secondary N) is 2. The maximum absolute atomic E-state index is 13.1. The van der Waals surface area contributed by atoms with E-state index in [1.54, 1.807) is 0 Å². The monoisotopic (exact) mass is 456 g/mol. The maximum Gasteiger partial charge on any atom is 0.303 e. The van der Waals surface area contributed by atoms with Crippen LogP contribution in [0.4, 0.5) is 0 Å². The largest absolute Gasteiger partial charge is 0.481 e. The van der Waals surface area contributed by atoms with Crippen molar-refractivity contribution in [1.82, 2.24) is 15.5 Å². The van der Waals surface area contributed by atoms with E-state index in [0.29, 0.717) is 12.8 Å². The summed E-state index contributed by atoms with van der Waals surface area (Å²) in [5.74, 6) is -3.91. The van der Waals surface area contributed by atoms with Crippen LogP contribution in [0.3, 0.4) is 0 Å². The first-order valence-electron chi connectivity index (χ1n) is 10.5. The van der Waals surface area contributed by atoms with E-state index in [1.165, 1.54) is 18.7 Å². The van der Waals surface area contributed by atoms with Crippen molar-refractivity contribution in [2.45, 2.75) is 83.0 Å². The fourth-order valence-corrected chi connectivity index (χ4v) is 3.53. The molecule has 1 rings (SSSR count). The lowest BCUT2D eigenvalue weighted by Crippen LogP contribution is -2.56. The van der Waals surface area contributed by atoms with Crippen molar-refractivity contribution in [3.05, 3.63) is 0 Å². The number of Topliss-reactive ketones (excluding diaryl/α,β-unsaturated/α-hetero) is 1. The van der Waals surface area contributed by atoms with Crippen LogP contribution in [0.15, 0.2) is 0 Å². The maximum atomic E-state index is 13.1. The van der Waals surface area contributed by atoms with E-state index < -0.39 is 59.6 Å². The van der Waals surface area contributed by atoms with Crippen molar-refractivity contribution < 1.29 is 39.0 Å². The Kier molecular flexibility index (Phi) is 10.8. The number of aliphatic carboxylic acids is 1. The highest BCUT2D eigenvalue weighted by Gasteiger charge is 2.39. The van der Waals surface area contributed by atoms with Gasteiger partial charge in [0.25, 0.3) is 0 Å². The zero-order valence-electron chi connectivity index (χ0n) is 18.3. The fourth-order valence-electron chi connectivity index (χ4n) is 3.53. The lowest BCUT2D eigenvalue weighted by Gasteiger charge is -2.30. The summed E-state index contributed by atoms with van der Waals surface area (Å²) in [6.45, 7) is 2.81. The third-order valence-corrected chi connectivity index (χ3v) is 5.16. The van der Waals surface area contributed by atoms with E-state index in [9.17, 15) is 33.9 Å². The van der Waals surface area contributed by atoms with Crippen LogP contribution in [0.5, 0.6) is 0 Å². The highest BCUT2D eigenvalue weighted by Crippen LogP contribution is 2.20. The SMILES string of the molecule is CC(=O)[C@@H](NC(=O)[C@@H]1CCCN1C(=O)[C@H](CCC(=O)O)NC(=O)CCCC(N)=O)[C@@H](C)O. The number of aliphatic hydroxyl groups excluding tert-OH is 1. The predicted octanol–water partition coefficient (Wildman–Crippen LogP) is -1.56. The highest BCUT2D eigenvalue weighted by atomic mass is 16.4. The van der Waals surface area contributed by atoms with Crippen molar-refractivity contribution in [3.8, 4) is 0 Å². The van der Waals surface area contributed by atoms with Gasteiger partial charge in [-0.3, -0.25) is 28.8 Å². The van der Waals surface area contributed by atoms with Crippen LogP contribution in [0, 0.1) is 0 Å². The van der Waals surface area contributed by atoms with Gasteiger partial charge in [-0.2, -0.15) is 0 Å². The molecular weight excluding hydrogens is 424 g/mol. The Bertz CT molecular complexity index is 739. The Morgan fingerprint density at radius 3 is 2.28 bits per heavy atom. The van der Waals surface area contributed by atoms with Crippen molar-refractivity contribution in [2.24, 2.45) is 5.73 Å². The molecule has 32 heavy (non-hydrogen) atoms. The van der Waals surface area contributed by atoms with E-state index >= 15 is 0 Å². The molecule has 0 radical (unpaired) electrons. The van der Waals surface area contributed by atoms with Crippen molar-refractivity contribution in [2.75, 3.05) is 6.54 Å². The lowest BCUT2D eigenvalue weighted by molar-refractivity contribution is -0.143. The van der Waals surface area contributed by atoms with Crippen LogP contribution in [0.2, 0.25) is 0 Å². The van der Waals surface area contributed by atoms with Gasteiger partial charge < -0.3 is 31.5 Å². The van der Waals surface area contributed by atoms with Crippen molar-refractivity contribution in [1.29, 1.82) is 0 Å². The molecule has 0 aromatic carbocycles. The molecule has 0 aliphatic carbocycles. The number of ketones is 1. The Hall–Kier alpha value is -3.02. The summed E-state index contributed by atoms with van der Waals surface area (Å²) in [5.41, 5.74) is 5.04. The molecule has 12 nitrogen and oxygen atoms in total. The quantitative estimate of drug-likeness (QED) is 0.219. The molecule has 0 unspecified atom stereocenters. The standard InChI is InChI=1S/C20H32N4O8/c1-11(25)18(12(2)26)23-19(31)14-5-4-10-24(14)20(32)13(8-9-17(29)30)22-16(28)7-3-6-15(21)27/h11,13-14,18,25H,3-10H2,1-2H3,(H2,21,27)(H,22,28)(H,23,31)(H,29,30)/t11-,13+,14+,18+/m1/s1. The van der Waals surface area contributed by atoms with Gasteiger partial charge in [0.1, 0.15) is 18.1 Å². The summed E-state index contributed by atoms with van der Waals surface area (Å²) < 4.78 is 0. The molecule has 0 aromatic heterocycles. The number of nitrogens with two attached hydrogens (primary N) is 1. The topological polar surface area (TPSA) is 196 Å². The Morgan fingerprint density at radius 1 is 1.09 bits per heavy atom. The van der Waals surface area contributed by atoms with Gasteiger partial charge >= 0.3 is 5.97 Å². The minimum absolute atomic E-state index is 0.00384. The smallest absolute Gasteiger partial charge is 0.303 e. The van der Waals surface area contributed by atoms with E-state index in [4.69, 9.17) is 10.8 Å². The number of hydrogen-bond acceptors (Lipinski definition) is 7. The number of primary amides is 1. The number of carboxylic acid groups (broad SMARTS) is 1. The third kappa shape index (κ3) is 8.61. The second-order valence-electron chi connectivity index (χ2n) is 7.90. The minimum atomic E-state index is -1.17. The summed E-state index contributed by atoms with van der Waals surface area (Å²) in [4.78, 5) is 72.7. The molecule has 0 bridgehead atoms. The Labute approximate surface area is 185 Å². The molecule has 180 valence electrons. The average Bonchev–Trinajstić information content (AvgIpc) is 3.17. The molecule has 1 heterocycles. The van der Waals surface area contributed by atoms with Crippen LogP contribution < -0.4 is 16.4 Å². The van der Waals surface area contributed by atoms with E-state index in [-0.39, 0.29) is 38.6 Å². The number of rotatable bonds is 13. The molecule has 12 heteroatoms. The normalized spacial score (nSPS) is 18.3. The number of carboxylic acids is 1.